The largest absolute Gasteiger partial charge is 0.504 e. The van der Waals surface area contributed by atoms with E-state index in [9.17, 15) is 9.90 Å². The van der Waals surface area contributed by atoms with E-state index in [1.807, 2.05) is 41.5 Å². The molecule has 0 aliphatic rings. The highest BCUT2D eigenvalue weighted by Gasteiger charge is 2.30. The number of nitrogens with zero attached hydrogens (tertiary/aromatic N) is 2. The first kappa shape index (κ1) is 15.4. The Morgan fingerprint density at radius 1 is 1.00 bits per heavy atom. The molecule has 1 aromatic heterocycles. The van der Waals surface area contributed by atoms with Gasteiger partial charge in [0, 0.05) is 10.8 Å². The zero-order chi connectivity index (χ0) is 15.0. The van der Waals surface area contributed by atoms with Gasteiger partial charge in [-0.15, -0.1) is 0 Å². The summed E-state index contributed by atoms with van der Waals surface area (Å²) in [4.78, 5) is 20.0. The first-order valence-corrected chi connectivity index (χ1v) is 6.18. The third-order valence-corrected chi connectivity index (χ3v) is 2.67. The van der Waals surface area contributed by atoms with E-state index in [-0.39, 0.29) is 11.6 Å². The van der Waals surface area contributed by atoms with Gasteiger partial charge in [-0.25, -0.2) is 14.8 Å². The molecule has 5 nitrogen and oxygen atoms in total. The van der Waals surface area contributed by atoms with Crippen molar-refractivity contribution in [1.82, 2.24) is 9.97 Å². The Balaban J connectivity index is 3.62. The molecule has 0 atom stereocenters. The highest BCUT2D eigenvalue weighted by Crippen LogP contribution is 2.36. The standard InChI is InChI=1S/C14H22N2O3/c1-13(2,3)9-8(17)10(14(4,5)6)16-11(15-9)12(18)19-7/h17H,1-7H3. The van der Waals surface area contributed by atoms with Crippen molar-refractivity contribution in [2.45, 2.75) is 52.4 Å². The molecule has 5 heteroatoms. The minimum absolute atomic E-state index is 0.0184. The van der Waals surface area contributed by atoms with Crippen molar-refractivity contribution in [2.24, 2.45) is 0 Å². The average molecular weight is 266 g/mol. The molecule has 0 amide bonds. The normalized spacial score (nSPS) is 12.4. The first-order chi connectivity index (χ1) is 8.48. The van der Waals surface area contributed by atoms with Crippen molar-refractivity contribution < 1.29 is 14.6 Å². The molecule has 0 aromatic carbocycles. The van der Waals surface area contributed by atoms with Crippen LogP contribution in [0.3, 0.4) is 0 Å². The maximum absolute atomic E-state index is 11.7. The molecule has 0 spiro atoms. The predicted octanol–water partition coefficient (Wildman–Crippen LogP) is 2.56. The number of methoxy groups -OCH3 is 1. The predicted molar refractivity (Wildman–Crippen MR) is 72.4 cm³/mol. The van der Waals surface area contributed by atoms with Gasteiger partial charge in [0.2, 0.25) is 5.82 Å². The van der Waals surface area contributed by atoms with Crippen molar-refractivity contribution in [3.05, 3.63) is 17.2 Å². The zero-order valence-corrected chi connectivity index (χ0v) is 12.7. The van der Waals surface area contributed by atoms with Crippen LogP contribution >= 0.6 is 0 Å². The number of hydrogen-bond donors (Lipinski definition) is 1. The molecule has 0 saturated heterocycles. The molecule has 0 radical (unpaired) electrons. The minimum Gasteiger partial charge on any atom is -0.504 e. The summed E-state index contributed by atoms with van der Waals surface area (Å²) in [5.41, 5.74) is 0.117. The number of carbonyl (C=O) groups excluding carboxylic acids is 1. The average Bonchev–Trinajstić information content (AvgIpc) is 2.25. The monoisotopic (exact) mass is 266 g/mol. The fraction of sp³-hybridized carbons (Fsp3) is 0.643. The lowest BCUT2D eigenvalue weighted by atomic mass is 9.85. The van der Waals surface area contributed by atoms with Crippen LogP contribution in [0.1, 0.15) is 63.5 Å². The van der Waals surface area contributed by atoms with Gasteiger partial charge in [-0.05, 0) is 0 Å². The lowest BCUT2D eigenvalue weighted by molar-refractivity contribution is 0.0585. The maximum atomic E-state index is 11.7. The molecule has 1 aromatic rings. The van der Waals surface area contributed by atoms with Crippen LogP contribution in [0.25, 0.3) is 0 Å². The fourth-order valence-corrected chi connectivity index (χ4v) is 1.68. The van der Waals surface area contributed by atoms with Crippen LogP contribution in [0.4, 0.5) is 0 Å². The van der Waals surface area contributed by atoms with E-state index >= 15 is 0 Å². The Morgan fingerprint density at radius 2 is 1.37 bits per heavy atom. The van der Waals surface area contributed by atoms with Gasteiger partial charge in [-0.3, -0.25) is 0 Å². The number of aromatic hydroxyl groups is 1. The van der Waals surface area contributed by atoms with E-state index < -0.39 is 16.8 Å². The second-order valence-corrected chi connectivity index (χ2v) is 6.58. The van der Waals surface area contributed by atoms with E-state index in [1.54, 1.807) is 0 Å². The first-order valence-electron chi connectivity index (χ1n) is 6.18. The Bertz CT molecular complexity index is 461. The second-order valence-electron chi connectivity index (χ2n) is 6.58. The van der Waals surface area contributed by atoms with Gasteiger partial charge in [0.15, 0.2) is 5.75 Å². The smallest absolute Gasteiger partial charge is 0.376 e. The van der Waals surface area contributed by atoms with Gasteiger partial charge < -0.3 is 9.84 Å². The van der Waals surface area contributed by atoms with Crippen molar-refractivity contribution in [1.29, 1.82) is 0 Å². The van der Waals surface area contributed by atoms with E-state index in [0.717, 1.165) is 0 Å². The third kappa shape index (κ3) is 3.22. The molecule has 0 unspecified atom stereocenters. The topological polar surface area (TPSA) is 72.3 Å². The molecule has 19 heavy (non-hydrogen) atoms. The van der Waals surface area contributed by atoms with Crippen molar-refractivity contribution in [2.75, 3.05) is 7.11 Å². The molecule has 1 heterocycles. The summed E-state index contributed by atoms with van der Waals surface area (Å²) in [7, 11) is 1.28. The van der Waals surface area contributed by atoms with Crippen LogP contribution in [0, 0.1) is 0 Å². The minimum atomic E-state index is -0.601. The molecule has 106 valence electrons. The number of hydrogen-bond acceptors (Lipinski definition) is 5. The van der Waals surface area contributed by atoms with Crippen molar-refractivity contribution in [3.63, 3.8) is 0 Å². The van der Waals surface area contributed by atoms with Crippen LogP contribution in [0.2, 0.25) is 0 Å². The Kier molecular flexibility index (Phi) is 3.89. The van der Waals surface area contributed by atoms with Crippen molar-refractivity contribution >= 4 is 5.97 Å². The Labute approximate surface area is 114 Å². The molecular formula is C14H22N2O3. The Hall–Kier alpha value is -1.65. The highest BCUT2D eigenvalue weighted by molar-refractivity contribution is 5.85. The van der Waals surface area contributed by atoms with Crippen LogP contribution < -0.4 is 0 Å². The molecule has 0 aliphatic heterocycles. The number of rotatable bonds is 1. The molecule has 1 N–H and O–H groups in total. The van der Waals surface area contributed by atoms with Gasteiger partial charge in [-0.1, -0.05) is 41.5 Å². The molecular weight excluding hydrogens is 244 g/mol. The summed E-state index contributed by atoms with van der Waals surface area (Å²) in [5.74, 6) is -0.571. The van der Waals surface area contributed by atoms with Crippen LogP contribution in [-0.4, -0.2) is 28.2 Å². The fourth-order valence-electron chi connectivity index (χ4n) is 1.68. The van der Waals surface area contributed by atoms with E-state index in [0.29, 0.717) is 11.4 Å². The highest BCUT2D eigenvalue weighted by atomic mass is 16.5. The molecule has 0 saturated carbocycles. The van der Waals surface area contributed by atoms with Gasteiger partial charge >= 0.3 is 5.97 Å². The SMILES string of the molecule is COC(=O)c1nc(C(C)(C)C)c(O)c(C(C)(C)C)n1. The lowest BCUT2D eigenvalue weighted by Crippen LogP contribution is -2.24. The van der Waals surface area contributed by atoms with Gasteiger partial charge in [0.25, 0.3) is 0 Å². The second kappa shape index (κ2) is 4.79. The summed E-state index contributed by atoms with van der Waals surface area (Å²) in [6.07, 6.45) is 0. The summed E-state index contributed by atoms with van der Waals surface area (Å²) in [6.45, 7) is 11.5. The molecule has 0 aliphatic carbocycles. The van der Waals surface area contributed by atoms with Crippen LogP contribution in [0.15, 0.2) is 0 Å². The van der Waals surface area contributed by atoms with Crippen LogP contribution in [0.5, 0.6) is 5.75 Å². The summed E-state index contributed by atoms with van der Waals surface area (Å²) >= 11 is 0. The molecule has 0 fully saturated rings. The van der Waals surface area contributed by atoms with E-state index in [1.165, 1.54) is 7.11 Å². The summed E-state index contributed by atoms with van der Waals surface area (Å²) in [6, 6.07) is 0. The van der Waals surface area contributed by atoms with E-state index in [4.69, 9.17) is 0 Å². The quantitative estimate of drug-likeness (QED) is 0.791. The van der Waals surface area contributed by atoms with Gasteiger partial charge in [0.1, 0.15) is 0 Å². The maximum Gasteiger partial charge on any atom is 0.376 e. The van der Waals surface area contributed by atoms with Crippen LogP contribution in [-0.2, 0) is 15.6 Å². The number of aromatic nitrogens is 2. The summed E-state index contributed by atoms with van der Waals surface area (Å²) in [5, 5.41) is 10.4. The zero-order valence-electron chi connectivity index (χ0n) is 12.7. The number of carbonyl (C=O) groups is 1. The van der Waals surface area contributed by atoms with Gasteiger partial charge in [-0.2, -0.15) is 0 Å². The lowest BCUT2D eigenvalue weighted by Gasteiger charge is -2.25. The molecule has 0 bridgehead atoms. The third-order valence-electron chi connectivity index (χ3n) is 2.67. The number of ether oxygens (including phenoxy) is 1. The van der Waals surface area contributed by atoms with E-state index in [2.05, 4.69) is 14.7 Å². The Morgan fingerprint density at radius 3 is 1.63 bits per heavy atom. The van der Waals surface area contributed by atoms with Crippen molar-refractivity contribution in [3.8, 4) is 5.75 Å². The van der Waals surface area contributed by atoms with Gasteiger partial charge in [0.05, 0.1) is 18.5 Å². The summed E-state index contributed by atoms with van der Waals surface area (Å²) < 4.78 is 4.67. The number of esters is 1. The molecule has 1 rings (SSSR count).